The van der Waals surface area contributed by atoms with Crippen molar-refractivity contribution in [3.8, 4) is 5.75 Å². The lowest BCUT2D eigenvalue weighted by atomic mass is 10.1. The number of hydrogen-bond donors (Lipinski definition) is 0. The lowest BCUT2D eigenvalue weighted by Crippen LogP contribution is -2.30. The number of benzene rings is 2. The van der Waals surface area contributed by atoms with Gasteiger partial charge >= 0.3 is 5.97 Å². The van der Waals surface area contributed by atoms with Crippen LogP contribution in [0.1, 0.15) is 17.3 Å². The summed E-state index contributed by atoms with van der Waals surface area (Å²) in [6.45, 7) is 1.17. The van der Waals surface area contributed by atoms with Crippen molar-refractivity contribution in [1.82, 2.24) is 9.55 Å². The number of fused-ring (bicyclic) bond motifs is 1. The summed E-state index contributed by atoms with van der Waals surface area (Å²) in [4.78, 5) is 41.1. The normalized spacial score (nSPS) is 11.8. The molecule has 1 unspecified atom stereocenters. The molecule has 3 aromatic rings. The van der Waals surface area contributed by atoms with Crippen LogP contribution in [0.25, 0.3) is 10.9 Å². The number of methoxy groups -OCH3 is 1. The number of esters is 1. The molecule has 138 valence electrons. The van der Waals surface area contributed by atoms with Gasteiger partial charge < -0.3 is 9.47 Å². The van der Waals surface area contributed by atoms with Gasteiger partial charge in [-0.05, 0) is 43.3 Å². The van der Waals surface area contributed by atoms with Crippen LogP contribution in [0.3, 0.4) is 0 Å². The van der Waals surface area contributed by atoms with Crippen LogP contribution in [-0.2, 0) is 16.1 Å². The maximum atomic E-state index is 12.4. The Labute approximate surface area is 155 Å². The number of nitrogens with zero attached hydrogens (tertiary/aromatic N) is 2. The third kappa shape index (κ3) is 4.03. The van der Waals surface area contributed by atoms with Crippen molar-refractivity contribution < 1.29 is 19.1 Å². The zero-order valence-corrected chi connectivity index (χ0v) is 14.9. The van der Waals surface area contributed by atoms with E-state index in [0.29, 0.717) is 22.2 Å². The fourth-order valence-electron chi connectivity index (χ4n) is 2.64. The Bertz CT molecular complexity index is 1040. The predicted octanol–water partition coefficient (Wildman–Crippen LogP) is 2.22. The highest BCUT2D eigenvalue weighted by atomic mass is 16.5. The van der Waals surface area contributed by atoms with Gasteiger partial charge in [-0.25, -0.2) is 4.98 Å². The molecule has 0 bridgehead atoms. The van der Waals surface area contributed by atoms with Gasteiger partial charge in [0.15, 0.2) is 6.10 Å². The van der Waals surface area contributed by atoms with E-state index in [4.69, 9.17) is 9.47 Å². The van der Waals surface area contributed by atoms with Gasteiger partial charge in [-0.3, -0.25) is 19.0 Å². The predicted molar refractivity (Wildman–Crippen MR) is 98.9 cm³/mol. The number of carbonyl (C=O) groups excluding carboxylic acids is 2. The topological polar surface area (TPSA) is 87.5 Å². The Kier molecular flexibility index (Phi) is 5.30. The molecule has 1 aromatic heterocycles. The van der Waals surface area contributed by atoms with Gasteiger partial charge in [0.1, 0.15) is 12.3 Å². The molecule has 3 rings (SSSR count). The molecule has 27 heavy (non-hydrogen) atoms. The molecule has 7 nitrogen and oxygen atoms in total. The van der Waals surface area contributed by atoms with Crippen molar-refractivity contribution in [3.05, 3.63) is 70.8 Å². The first-order valence-corrected chi connectivity index (χ1v) is 8.31. The zero-order chi connectivity index (χ0) is 19.4. The summed E-state index contributed by atoms with van der Waals surface area (Å²) in [5, 5.41) is 0.412. The maximum Gasteiger partial charge on any atom is 0.326 e. The molecule has 0 amide bonds. The van der Waals surface area contributed by atoms with Crippen LogP contribution in [0.2, 0.25) is 0 Å². The van der Waals surface area contributed by atoms with Crippen LogP contribution in [0.5, 0.6) is 5.75 Å². The molecule has 0 radical (unpaired) electrons. The number of rotatable bonds is 6. The summed E-state index contributed by atoms with van der Waals surface area (Å²) in [5.74, 6) is -0.405. The molecule has 2 aromatic carbocycles. The van der Waals surface area contributed by atoms with E-state index in [1.807, 2.05) is 0 Å². The molecule has 7 heteroatoms. The van der Waals surface area contributed by atoms with E-state index in [1.54, 1.807) is 48.5 Å². The van der Waals surface area contributed by atoms with Crippen molar-refractivity contribution in [3.63, 3.8) is 0 Å². The van der Waals surface area contributed by atoms with Gasteiger partial charge in [-0.1, -0.05) is 12.1 Å². The summed E-state index contributed by atoms with van der Waals surface area (Å²) >= 11 is 0. The second-order valence-electron chi connectivity index (χ2n) is 5.92. The SMILES string of the molecule is COc1ccc(C(=O)C(C)OC(=O)Cn2cnc3ccccc3c2=O)cc1. The number of ketones is 1. The fourth-order valence-corrected chi connectivity index (χ4v) is 2.64. The second kappa shape index (κ2) is 7.82. The van der Waals surface area contributed by atoms with E-state index in [9.17, 15) is 14.4 Å². The molecule has 0 aliphatic rings. The van der Waals surface area contributed by atoms with Crippen LogP contribution in [0.4, 0.5) is 0 Å². The molecule has 0 N–H and O–H groups in total. The quantitative estimate of drug-likeness (QED) is 0.491. The van der Waals surface area contributed by atoms with Gasteiger partial charge in [0.25, 0.3) is 5.56 Å². The van der Waals surface area contributed by atoms with Crippen molar-refractivity contribution in [1.29, 1.82) is 0 Å². The minimum atomic E-state index is -0.977. The highest BCUT2D eigenvalue weighted by Crippen LogP contribution is 2.14. The highest BCUT2D eigenvalue weighted by molar-refractivity contribution is 6.00. The molecule has 0 saturated heterocycles. The zero-order valence-electron chi connectivity index (χ0n) is 14.9. The van der Waals surface area contributed by atoms with Gasteiger partial charge in [0, 0.05) is 5.56 Å². The third-order valence-corrected chi connectivity index (χ3v) is 4.08. The Hall–Kier alpha value is -3.48. The highest BCUT2D eigenvalue weighted by Gasteiger charge is 2.20. The Morgan fingerprint density at radius 3 is 2.52 bits per heavy atom. The summed E-state index contributed by atoms with van der Waals surface area (Å²) in [5.41, 5.74) is 0.613. The summed E-state index contributed by atoms with van der Waals surface area (Å²) in [6, 6.07) is 13.4. The number of hydrogen-bond acceptors (Lipinski definition) is 6. The molecular formula is C20H18N2O5. The largest absolute Gasteiger partial charge is 0.497 e. The Morgan fingerprint density at radius 1 is 1.11 bits per heavy atom. The summed E-state index contributed by atoms with van der Waals surface area (Å²) < 4.78 is 11.4. The second-order valence-corrected chi connectivity index (χ2v) is 5.92. The van der Waals surface area contributed by atoms with Gasteiger partial charge in [0.2, 0.25) is 5.78 Å². The standard InChI is InChI=1S/C20H18N2O5/c1-13(19(24)14-7-9-15(26-2)10-8-14)27-18(23)11-22-12-21-17-6-4-3-5-16(17)20(22)25/h3-10,12-13H,11H2,1-2H3. The van der Waals surface area contributed by atoms with Crippen molar-refractivity contribution in [2.45, 2.75) is 19.6 Å². The molecule has 1 atom stereocenters. The third-order valence-electron chi connectivity index (χ3n) is 4.08. The molecule has 0 saturated carbocycles. The number of aromatic nitrogens is 2. The van der Waals surface area contributed by atoms with Crippen LogP contribution >= 0.6 is 0 Å². The number of para-hydroxylation sites is 1. The molecule has 0 fully saturated rings. The summed E-state index contributed by atoms with van der Waals surface area (Å²) in [6.07, 6.45) is 0.317. The Morgan fingerprint density at radius 2 is 1.81 bits per heavy atom. The summed E-state index contributed by atoms with van der Waals surface area (Å²) in [7, 11) is 1.53. The van der Waals surface area contributed by atoms with Gasteiger partial charge in [0.05, 0.1) is 24.3 Å². The average Bonchev–Trinajstić information content (AvgIpc) is 2.69. The smallest absolute Gasteiger partial charge is 0.326 e. The molecule has 0 spiro atoms. The molecule has 0 aliphatic heterocycles. The Balaban J connectivity index is 1.69. The van der Waals surface area contributed by atoms with Crippen LogP contribution in [-0.4, -0.2) is 34.5 Å². The first-order chi connectivity index (χ1) is 13.0. The lowest BCUT2D eigenvalue weighted by Gasteiger charge is -2.13. The fraction of sp³-hybridized carbons (Fsp3) is 0.200. The average molecular weight is 366 g/mol. The van der Waals surface area contributed by atoms with Gasteiger partial charge in [-0.15, -0.1) is 0 Å². The number of ether oxygens (including phenoxy) is 2. The molecule has 0 aliphatic carbocycles. The van der Waals surface area contributed by atoms with E-state index in [-0.39, 0.29) is 17.9 Å². The van der Waals surface area contributed by atoms with E-state index >= 15 is 0 Å². The van der Waals surface area contributed by atoms with Gasteiger partial charge in [-0.2, -0.15) is 0 Å². The monoisotopic (exact) mass is 366 g/mol. The lowest BCUT2D eigenvalue weighted by molar-refractivity contribution is -0.147. The van der Waals surface area contributed by atoms with Crippen LogP contribution in [0, 0.1) is 0 Å². The van der Waals surface area contributed by atoms with Crippen molar-refractivity contribution in [2.24, 2.45) is 0 Å². The van der Waals surface area contributed by atoms with E-state index in [1.165, 1.54) is 20.4 Å². The first kappa shape index (κ1) is 18.3. The van der Waals surface area contributed by atoms with Crippen molar-refractivity contribution >= 4 is 22.7 Å². The maximum absolute atomic E-state index is 12.4. The number of Topliss-reactive ketones (excluding diaryl/α,β-unsaturated/α-hetero) is 1. The van der Waals surface area contributed by atoms with Crippen LogP contribution < -0.4 is 10.3 Å². The van der Waals surface area contributed by atoms with Crippen molar-refractivity contribution in [2.75, 3.05) is 7.11 Å². The number of carbonyl (C=O) groups is 2. The van der Waals surface area contributed by atoms with E-state index < -0.39 is 12.1 Å². The van der Waals surface area contributed by atoms with E-state index in [0.717, 1.165) is 4.57 Å². The first-order valence-electron chi connectivity index (χ1n) is 8.31. The van der Waals surface area contributed by atoms with Crippen LogP contribution in [0.15, 0.2) is 59.7 Å². The van der Waals surface area contributed by atoms with E-state index in [2.05, 4.69) is 4.98 Å². The minimum absolute atomic E-state index is 0.323. The minimum Gasteiger partial charge on any atom is -0.497 e. The molecular weight excluding hydrogens is 348 g/mol. The molecule has 1 heterocycles.